The van der Waals surface area contributed by atoms with Gasteiger partial charge in [-0.2, -0.15) is 0 Å². The summed E-state index contributed by atoms with van der Waals surface area (Å²) in [5.74, 6) is 4.48. The Labute approximate surface area is 211 Å². The number of carbonyl (C=O) groups is 1. The van der Waals surface area contributed by atoms with Crippen molar-refractivity contribution in [1.29, 1.82) is 0 Å². The van der Waals surface area contributed by atoms with Gasteiger partial charge in [0.1, 0.15) is 17.0 Å². The van der Waals surface area contributed by atoms with E-state index < -0.39 is 21.8 Å². The Kier molecular flexibility index (Phi) is 6.11. The van der Waals surface area contributed by atoms with Crippen molar-refractivity contribution in [3.63, 3.8) is 0 Å². The third-order valence-corrected chi connectivity index (χ3v) is 7.05. The fourth-order valence-corrected chi connectivity index (χ4v) is 4.97. The van der Waals surface area contributed by atoms with Gasteiger partial charge in [0.2, 0.25) is 0 Å². The molecule has 0 aliphatic rings. The number of pyridine rings is 1. The molecule has 0 radical (unpaired) electrons. The lowest BCUT2D eigenvalue weighted by molar-refractivity contribution is 0.0593. The molecule has 7 nitrogen and oxygen atoms in total. The highest BCUT2D eigenvalue weighted by atomic mass is 32.2. The number of ether oxygens (including phenoxy) is 1. The number of esters is 1. The highest BCUT2D eigenvalue weighted by Crippen LogP contribution is 2.31. The van der Waals surface area contributed by atoms with Gasteiger partial charge >= 0.3 is 5.97 Å². The van der Waals surface area contributed by atoms with Gasteiger partial charge in [-0.05, 0) is 55.0 Å². The number of sulfonamides is 1. The predicted octanol–water partition coefficient (Wildman–Crippen LogP) is 5.42. The zero-order valence-electron chi connectivity index (χ0n) is 19.7. The second kappa shape index (κ2) is 9.41. The fourth-order valence-electron chi connectivity index (χ4n) is 3.88. The first kappa shape index (κ1) is 24.0. The Morgan fingerprint density at radius 2 is 1.78 bits per heavy atom. The van der Waals surface area contributed by atoms with Crippen LogP contribution in [-0.4, -0.2) is 26.5 Å². The van der Waals surface area contributed by atoms with E-state index in [1.165, 1.54) is 31.5 Å². The maximum absolute atomic E-state index is 14.0. The molecule has 9 heteroatoms. The lowest BCUT2D eigenvalue weighted by atomic mass is 10.1. The largest absolute Gasteiger partial charge is 0.464 e. The van der Waals surface area contributed by atoms with E-state index in [-0.39, 0.29) is 21.8 Å². The van der Waals surface area contributed by atoms with Crippen LogP contribution in [0.1, 0.15) is 27.2 Å². The van der Waals surface area contributed by atoms with Crippen molar-refractivity contribution < 1.29 is 26.8 Å². The standard InChI is InChI=1S/C28H19FN2O5S/c1-17-13-18(16-30-27(17)28(32)35-2)7-8-19-14-20(29)9-12-24(19)31-37(33,34)21-10-11-23-22-5-3-4-6-25(22)36-26(23)15-21/h3-6,9-16,31H,1-2H3. The molecular formula is C28H19FN2O5S. The van der Waals surface area contributed by atoms with Gasteiger partial charge in [0.05, 0.1) is 23.3 Å². The number of hydrogen-bond acceptors (Lipinski definition) is 6. The molecule has 0 fully saturated rings. The van der Waals surface area contributed by atoms with Crippen LogP contribution >= 0.6 is 0 Å². The average Bonchev–Trinajstić information content (AvgIpc) is 3.26. The maximum Gasteiger partial charge on any atom is 0.356 e. The van der Waals surface area contributed by atoms with E-state index in [1.54, 1.807) is 19.1 Å². The van der Waals surface area contributed by atoms with Gasteiger partial charge in [-0.15, -0.1) is 0 Å². The summed E-state index contributed by atoms with van der Waals surface area (Å²) in [6, 6.07) is 17.3. The smallest absolute Gasteiger partial charge is 0.356 e. The average molecular weight is 515 g/mol. The molecule has 3 aromatic carbocycles. The summed E-state index contributed by atoms with van der Waals surface area (Å²) in [5.41, 5.74) is 2.49. The summed E-state index contributed by atoms with van der Waals surface area (Å²) < 4.78 is 53.4. The third-order valence-electron chi connectivity index (χ3n) is 5.68. The van der Waals surface area contributed by atoms with Crippen LogP contribution in [0.5, 0.6) is 0 Å². The van der Waals surface area contributed by atoms with Crippen molar-refractivity contribution in [2.45, 2.75) is 11.8 Å². The fraction of sp³-hybridized carbons (Fsp3) is 0.0714. The minimum atomic E-state index is -4.05. The summed E-state index contributed by atoms with van der Waals surface area (Å²) in [6.45, 7) is 1.69. The minimum Gasteiger partial charge on any atom is -0.464 e. The number of halogens is 1. The number of methoxy groups -OCH3 is 1. The van der Waals surface area contributed by atoms with Crippen LogP contribution in [0.4, 0.5) is 10.1 Å². The number of nitrogens with one attached hydrogen (secondary N) is 1. The maximum atomic E-state index is 14.0. The van der Waals surface area contributed by atoms with Crippen molar-refractivity contribution in [1.82, 2.24) is 4.98 Å². The van der Waals surface area contributed by atoms with Crippen LogP contribution in [0.25, 0.3) is 21.9 Å². The quantitative estimate of drug-likeness (QED) is 0.254. The van der Waals surface area contributed by atoms with Crippen LogP contribution in [-0.2, 0) is 14.8 Å². The van der Waals surface area contributed by atoms with Gasteiger partial charge in [0.25, 0.3) is 10.0 Å². The molecule has 0 atom stereocenters. The molecule has 5 rings (SSSR count). The van der Waals surface area contributed by atoms with Crippen molar-refractivity contribution in [2.75, 3.05) is 11.8 Å². The van der Waals surface area contributed by atoms with Crippen molar-refractivity contribution in [3.8, 4) is 11.8 Å². The molecule has 0 unspecified atom stereocenters. The molecule has 0 amide bonds. The summed E-state index contributed by atoms with van der Waals surface area (Å²) in [4.78, 5) is 15.8. The van der Waals surface area contributed by atoms with E-state index in [2.05, 4.69) is 26.3 Å². The highest BCUT2D eigenvalue weighted by Gasteiger charge is 2.19. The van der Waals surface area contributed by atoms with Gasteiger partial charge in [-0.1, -0.05) is 30.0 Å². The highest BCUT2D eigenvalue weighted by molar-refractivity contribution is 7.92. The summed E-state index contributed by atoms with van der Waals surface area (Å²) in [7, 11) is -2.79. The van der Waals surface area contributed by atoms with E-state index >= 15 is 0 Å². The number of furan rings is 1. The molecule has 0 saturated carbocycles. The number of fused-ring (bicyclic) bond motifs is 3. The second-order valence-electron chi connectivity index (χ2n) is 8.18. The second-order valence-corrected chi connectivity index (χ2v) is 9.87. The number of anilines is 1. The molecule has 184 valence electrons. The van der Waals surface area contributed by atoms with E-state index in [0.29, 0.717) is 22.3 Å². The van der Waals surface area contributed by atoms with E-state index in [4.69, 9.17) is 4.42 Å². The lowest BCUT2D eigenvalue weighted by Crippen LogP contribution is -2.14. The zero-order chi connectivity index (χ0) is 26.2. The van der Waals surface area contributed by atoms with Crippen LogP contribution < -0.4 is 4.72 Å². The number of rotatable bonds is 4. The molecule has 0 spiro atoms. The minimum absolute atomic E-state index is 0.0134. The zero-order valence-corrected chi connectivity index (χ0v) is 20.5. The Morgan fingerprint density at radius 1 is 1.00 bits per heavy atom. The van der Waals surface area contributed by atoms with Crippen LogP contribution in [0, 0.1) is 24.6 Å². The van der Waals surface area contributed by atoms with Gasteiger partial charge in [0, 0.05) is 28.6 Å². The first-order valence-electron chi connectivity index (χ1n) is 11.1. The van der Waals surface area contributed by atoms with E-state index in [0.717, 1.165) is 22.9 Å². The van der Waals surface area contributed by atoms with Gasteiger partial charge in [-0.25, -0.2) is 22.6 Å². The lowest BCUT2D eigenvalue weighted by Gasteiger charge is -2.10. The molecule has 2 aromatic heterocycles. The topological polar surface area (TPSA) is 98.5 Å². The number of hydrogen-bond donors (Lipinski definition) is 1. The summed E-state index contributed by atoms with van der Waals surface area (Å²) in [5, 5.41) is 1.68. The Hall–Kier alpha value is -4.68. The monoisotopic (exact) mass is 514 g/mol. The van der Waals surface area contributed by atoms with Crippen LogP contribution in [0.3, 0.4) is 0 Å². The number of carbonyl (C=O) groups excluding carboxylic acids is 1. The summed E-state index contributed by atoms with van der Waals surface area (Å²) >= 11 is 0. The van der Waals surface area contributed by atoms with Crippen molar-refractivity contribution in [3.05, 3.63) is 101 Å². The van der Waals surface area contributed by atoms with Gasteiger partial charge in [0.15, 0.2) is 5.69 Å². The first-order chi connectivity index (χ1) is 17.7. The number of aryl methyl sites for hydroxylation is 1. The van der Waals surface area contributed by atoms with Gasteiger partial charge < -0.3 is 9.15 Å². The molecular weight excluding hydrogens is 495 g/mol. The first-order valence-corrected chi connectivity index (χ1v) is 12.5. The van der Waals surface area contributed by atoms with E-state index in [1.807, 2.05) is 24.3 Å². The van der Waals surface area contributed by atoms with Crippen molar-refractivity contribution in [2.24, 2.45) is 0 Å². The molecule has 5 aromatic rings. The molecule has 0 aliphatic carbocycles. The van der Waals surface area contributed by atoms with Crippen LogP contribution in [0.15, 0.2) is 82.2 Å². The number of benzene rings is 3. The molecule has 1 N–H and O–H groups in total. The van der Waals surface area contributed by atoms with Crippen LogP contribution in [0.2, 0.25) is 0 Å². The molecule has 37 heavy (non-hydrogen) atoms. The normalized spacial score (nSPS) is 11.2. The van der Waals surface area contributed by atoms with Crippen molar-refractivity contribution >= 4 is 43.6 Å². The third kappa shape index (κ3) is 4.75. The Bertz CT molecular complexity index is 1870. The molecule has 0 aliphatic heterocycles. The predicted molar refractivity (Wildman–Crippen MR) is 137 cm³/mol. The number of aromatic nitrogens is 1. The Balaban J connectivity index is 1.47. The van der Waals surface area contributed by atoms with Gasteiger partial charge in [-0.3, -0.25) is 4.72 Å². The summed E-state index contributed by atoms with van der Waals surface area (Å²) in [6.07, 6.45) is 1.39. The Morgan fingerprint density at radius 3 is 2.57 bits per heavy atom. The SMILES string of the molecule is COC(=O)c1ncc(C#Cc2cc(F)ccc2NS(=O)(=O)c2ccc3c(c2)oc2ccccc23)cc1C. The molecule has 0 saturated heterocycles. The molecule has 2 heterocycles. The molecule has 0 bridgehead atoms. The number of nitrogens with zero attached hydrogens (tertiary/aromatic N) is 1. The number of para-hydroxylation sites is 1. The van der Waals surface area contributed by atoms with E-state index in [9.17, 15) is 17.6 Å².